The molecule has 132 valence electrons. The molecule has 0 bridgehead atoms. The molecule has 25 heavy (non-hydrogen) atoms. The van der Waals surface area contributed by atoms with E-state index in [0.29, 0.717) is 18.6 Å². The van der Waals surface area contributed by atoms with Gasteiger partial charge in [-0.1, -0.05) is 12.1 Å². The summed E-state index contributed by atoms with van der Waals surface area (Å²) in [6, 6.07) is 10.7. The van der Waals surface area contributed by atoms with Crippen LogP contribution in [0.15, 0.2) is 42.6 Å². The molecule has 6 nitrogen and oxygen atoms in total. The molecule has 1 aromatic heterocycles. The first-order valence-electron chi connectivity index (χ1n) is 8.15. The van der Waals surface area contributed by atoms with Crippen LogP contribution >= 0.6 is 0 Å². The first kappa shape index (κ1) is 18.4. The predicted octanol–water partition coefficient (Wildman–Crippen LogP) is 2.46. The fraction of sp³-hybridized carbons (Fsp3) is 0.316. The largest absolute Gasteiger partial charge is 0.494 e. The Bertz CT molecular complexity index is 711. The highest BCUT2D eigenvalue weighted by Crippen LogP contribution is 2.15. The Hall–Kier alpha value is -2.89. The SMILES string of the molecule is CCOc1ccc(CC(CNC(=O)c2ccc(C)nc2)C(=O)O)cc1. The number of ether oxygens (including phenoxy) is 1. The van der Waals surface area contributed by atoms with Gasteiger partial charge in [0.15, 0.2) is 0 Å². The van der Waals surface area contributed by atoms with E-state index < -0.39 is 11.9 Å². The Labute approximate surface area is 146 Å². The molecule has 1 atom stereocenters. The van der Waals surface area contributed by atoms with Gasteiger partial charge in [0.25, 0.3) is 5.91 Å². The average molecular weight is 342 g/mol. The van der Waals surface area contributed by atoms with Crippen molar-refractivity contribution < 1.29 is 19.4 Å². The van der Waals surface area contributed by atoms with Crippen LogP contribution in [-0.2, 0) is 11.2 Å². The molecule has 0 saturated carbocycles. The van der Waals surface area contributed by atoms with Gasteiger partial charge in [-0.15, -0.1) is 0 Å². The summed E-state index contributed by atoms with van der Waals surface area (Å²) in [4.78, 5) is 27.6. The summed E-state index contributed by atoms with van der Waals surface area (Å²) >= 11 is 0. The number of aryl methyl sites for hydroxylation is 1. The zero-order valence-electron chi connectivity index (χ0n) is 14.4. The number of hydrogen-bond acceptors (Lipinski definition) is 4. The number of carbonyl (C=O) groups is 2. The minimum Gasteiger partial charge on any atom is -0.494 e. The number of aliphatic carboxylic acids is 1. The summed E-state index contributed by atoms with van der Waals surface area (Å²) in [5, 5.41) is 12.1. The quantitative estimate of drug-likeness (QED) is 0.769. The van der Waals surface area contributed by atoms with Crippen molar-refractivity contribution in [3.63, 3.8) is 0 Å². The van der Waals surface area contributed by atoms with Gasteiger partial charge in [0.1, 0.15) is 5.75 Å². The van der Waals surface area contributed by atoms with Crippen molar-refractivity contribution in [2.75, 3.05) is 13.2 Å². The number of pyridine rings is 1. The third kappa shape index (κ3) is 5.60. The fourth-order valence-electron chi connectivity index (χ4n) is 2.34. The molecule has 0 radical (unpaired) electrons. The molecular formula is C19H22N2O4. The van der Waals surface area contributed by atoms with Crippen molar-refractivity contribution >= 4 is 11.9 Å². The van der Waals surface area contributed by atoms with Crippen LogP contribution in [-0.4, -0.2) is 35.1 Å². The van der Waals surface area contributed by atoms with Crippen molar-refractivity contribution in [3.05, 3.63) is 59.4 Å². The zero-order valence-corrected chi connectivity index (χ0v) is 14.4. The van der Waals surface area contributed by atoms with Gasteiger partial charge in [-0.25, -0.2) is 0 Å². The third-order valence-corrected chi connectivity index (χ3v) is 3.75. The highest BCUT2D eigenvalue weighted by molar-refractivity contribution is 5.94. The van der Waals surface area contributed by atoms with Crippen molar-refractivity contribution in [1.29, 1.82) is 0 Å². The summed E-state index contributed by atoms with van der Waals surface area (Å²) in [6.45, 7) is 4.37. The second-order valence-electron chi connectivity index (χ2n) is 5.71. The second-order valence-corrected chi connectivity index (χ2v) is 5.71. The number of nitrogens with zero attached hydrogens (tertiary/aromatic N) is 1. The standard InChI is InChI=1S/C19H22N2O4/c1-3-25-17-8-5-14(6-9-17)10-16(19(23)24)12-21-18(22)15-7-4-13(2)20-11-15/h4-9,11,16H,3,10,12H2,1-2H3,(H,21,22)(H,23,24). The fourth-order valence-corrected chi connectivity index (χ4v) is 2.34. The minimum absolute atomic E-state index is 0.0508. The van der Waals surface area contributed by atoms with E-state index in [-0.39, 0.29) is 12.5 Å². The van der Waals surface area contributed by atoms with Gasteiger partial charge < -0.3 is 15.2 Å². The van der Waals surface area contributed by atoms with E-state index in [4.69, 9.17) is 4.74 Å². The number of carboxylic acid groups (broad SMARTS) is 1. The molecule has 0 aliphatic heterocycles. The van der Waals surface area contributed by atoms with Crippen LogP contribution in [0.25, 0.3) is 0 Å². The lowest BCUT2D eigenvalue weighted by molar-refractivity contribution is -0.141. The van der Waals surface area contributed by atoms with Gasteiger partial charge in [0.05, 0.1) is 18.1 Å². The predicted molar refractivity (Wildman–Crippen MR) is 93.7 cm³/mol. The Balaban J connectivity index is 1.95. The highest BCUT2D eigenvalue weighted by Gasteiger charge is 2.19. The van der Waals surface area contributed by atoms with Crippen LogP contribution in [0.4, 0.5) is 0 Å². The normalized spacial score (nSPS) is 11.6. The monoisotopic (exact) mass is 342 g/mol. The average Bonchev–Trinajstić information content (AvgIpc) is 2.60. The molecule has 0 aliphatic rings. The molecule has 0 saturated heterocycles. The lowest BCUT2D eigenvalue weighted by Crippen LogP contribution is -2.34. The Morgan fingerprint density at radius 3 is 2.48 bits per heavy atom. The van der Waals surface area contributed by atoms with Crippen LogP contribution in [0.1, 0.15) is 28.5 Å². The number of rotatable bonds is 8. The van der Waals surface area contributed by atoms with E-state index in [1.54, 1.807) is 12.1 Å². The van der Waals surface area contributed by atoms with E-state index in [9.17, 15) is 14.7 Å². The number of carboxylic acids is 1. The van der Waals surface area contributed by atoms with Crippen LogP contribution in [0.3, 0.4) is 0 Å². The van der Waals surface area contributed by atoms with E-state index in [1.807, 2.05) is 38.1 Å². The van der Waals surface area contributed by atoms with Gasteiger partial charge >= 0.3 is 5.97 Å². The molecule has 0 spiro atoms. The topological polar surface area (TPSA) is 88.5 Å². The molecular weight excluding hydrogens is 320 g/mol. The molecule has 1 unspecified atom stereocenters. The van der Waals surface area contributed by atoms with Gasteiger partial charge in [-0.05, 0) is 50.1 Å². The van der Waals surface area contributed by atoms with Gasteiger partial charge in [-0.3, -0.25) is 14.6 Å². The summed E-state index contributed by atoms with van der Waals surface area (Å²) < 4.78 is 5.37. The molecule has 0 fully saturated rings. The lowest BCUT2D eigenvalue weighted by Gasteiger charge is -2.14. The van der Waals surface area contributed by atoms with E-state index in [2.05, 4.69) is 10.3 Å². The molecule has 1 aromatic carbocycles. The second kappa shape index (κ2) is 8.82. The Kier molecular flexibility index (Phi) is 6.51. The van der Waals surface area contributed by atoms with E-state index >= 15 is 0 Å². The van der Waals surface area contributed by atoms with Crippen molar-refractivity contribution in [2.45, 2.75) is 20.3 Å². The number of nitrogens with one attached hydrogen (secondary N) is 1. The van der Waals surface area contributed by atoms with E-state index in [0.717, 1.165) is 17.0 Å². The van der Waals surface area contributed by atoms with Crippen LogP contribution in [0.2, 0.25) is 0 Å². The molecule has 1 amide bonds. The summed E-state index contributed by atoms with van der Waals surface area (Å²) in [6.07, 6.45) is 1.81. The summed E-state index contributed by atoms with van der Waals surface area (Å²) in [5.41, 5.74) is 2.10. The van der Waals surface area contributed by atoms with Crippen molar-refractivity contribution in [3.8, 4) is 5.75 Å². The number of amides is 1. The van der Waals surface area contributed by atoms with E-state index in [1.165, 1.54) is 6.20 Å². The number of aromatic nitrogens is 1. The molecule has 0 aliphatic carbocycles. The Morgan fingerprint density at radius 1 is 1.20 bits per heavy atom. The van der Waals surface area contributed by atoms with Crippen molar-refractivity contribution in [1.82, 2.24) is 10.3 Å². The molecule has 2 rings (SSSR count). The first-order valence-corrected chi connectivity index (χ1v) is 8.15. The smallest absolute Gasteiger partial charge is 0.308 e. The van der Waals surface area contributed by atoms with Gasteiger partial charge in [0, 0.05) is 18.4 Å². The molecule has 2 N–H and O–H groups in total. The van der Waals surface area contributed by atoms with Crippen molar-refractivity contribution in [2.24, 2.45) is 5.92 Å². The number of carbonyl (C=O) groups excluding carboxylic acids is 1. The van der Waals surface area contributed by atoms with Gasteiger partial charge in [-0.2, -0.15) is 0 Å². The maximum Gasteiger partial charge on any atom is 0.308 e. The van der Waals surface area contributed by atoms with Crippen LogP contribution in [0, 0.1) is 12.8 Å². The number of benzene rings is 1. The Morgan fingerprint density at radius 2 is 1.92 bits per heavy atom. The maximum absolute atomic E-state index is 12.1. The third-order valence-electron chi connectivity index (χ3n) is 3.75. The molecule has 2 aromatic rings. The summed E-state index contributed by atoms with van der Waals surface area (Å²) in [7, 11) is 0. The highest BCUT2D eigenvalue weighted by atomic mass is 16.5. The first-order chi connectivity index (χ1) is 12.0. The number of hydrogen-bond donors (Lipinski definition) is 2. The van der Waals surface area contributed by atoms with Gasteiger partial charge in [0.2, 0.25) is 0 Å². The van der Waals surface area contributed by atoms with Crippen LogP contribution in [0.5, 0.6) is 5.75 Å². The lowest BCUT2D eigenvalue weighted by atomic mass is 9.99. The zero-order chi connectivity index (χ0) is 18.2. The van der Waals surface area contributed by atoms with Crippen LogP contribution < -0.4 is 10.1 Å². The molecule has 6 heteroatoms. The maximum atomic E-state index is 12.1. The molecule has 1 heterocycles. The minimum atomic E-state index is -0.948. The summed E-state index contributed by atoms with van der Waals surface area (Å²) in [5.74, 6) is -1.24.